The molecular formula is C11H26N4O2S. The van der Waals surface area contributed by atoms with Crippen LogP contribution in [0.5, 0.6) is 0 Å². The molecule has 0 aromatic carbocycles. The molecule has 6 nitrogen and oxygen atoms in total. The van der Waals surface area contributed by atoms with Gasteiger partial charge in [0.2, 0.25) is 0 Å². The molecule has 1 rings (SSSR count). The zero-order valence-corrected chi connectivity index (χ0v) is 12.1. The van der Waals surface area contributed by atoms with E-state index in [1.54, 1.807) is 7.05 Å². The van der Waals surface area contributed by atoms with E-state index < -0.39 is 10.2 Å². The fraction of sp³-hybridized carbons (Fsp3) is 1.00. The quantitative estimate of drug-likeness (QED) is 0.632. The van der Waals surface area contributed by atoms with Crippen molar-refractivity contribution in [2.75, 3.05) is 46.3 Å². The molecule has 1 fully saturated rings. The molecule has 0 amide bonds. The largest absolute Gasteiger partial charge is 0.330 e. The molecular weight excluding hydrogens is 252 g/mol. The van der Waals surface area contributed by atoms with E-state index in [1.807, 2.05) is 0 Å². The second-order valence-corrected chi connectivity index (χ2v) is 6.63. The summed E-state index contributed by atoms with van der Waals surface area (Å²) in [6.07, 6.45) is 4.43. The first-order valence-electron chi connectivity index (χ1n) is 6.69. The molecule has 1 saturated heterocycles. The molecule has 1 aliphatic heterocycles. The number of hydrogen-bond donors (Lipinski definition) is 2. The zero-order valence-electron chi connectivity index (χ0n) is 11.3. The summed E-state index contributed by atoms with van der Waals surface area (Å²) in [4.78, 5) is 2.31. The van der Waals surface area contributed by atoms with Crippen molar-refractivity contribution >= 4 is 10.2 Å². The van der Waals surface area contributed by atoms with Crippen molar-refractivity contribution in [3.8, 4) is 0 Å². The van der Waals surface area contributed by atoms with Gasteiger partial charge in [-0.3, -0.25) is 0 Å². The summed E-state index contributed by atoms with van der Waals surface area (Å²) in [6, 6.07) is 0. The molecule has 0 unspecified atom stereocenters. The average Bonchev–Trinajstić information content (AvgIpc) is 2.37. The van der Waals surface area contributed by atoms with E-state index in [-0.39, 0.29) is 0 Å². The topological polar surface area (TPSA) is 78.7 Å². The van der Waals surface area contributed by atoms with Crippen molar-refractivity contribution < 1.29 is 8.42 Å². The minimum atomic E-state index is -3.33. The highest BCUT2D eigenvalue weighted by Gasteiger charge is 2.17. The van der Waals surface area contributed by atoms with Crippen molar-refractivity contribution in [1.82, 2.24) is 13.9 Å². The highest BCUT2D eigenvalue weighted by molar-refractivity contribution is 7.87. The summed E-state index contributed by atoms with van der Waals surface area (Å²) in [5.74, 6) is 0. The van der Waals surface area contributed by atoms with Crippen molar-refractivity contribution in [2.45, 2.75) is 25.7 Å². The third-order valence-electron chi connectivity index (χ3n) is 3.25. The molecule has 0 saturated carbocycles. The van der Waals surface area contributed by atoms with Gasteiger partial charge in [-0.1, -0.05) is 6.42 Å². The highest BCUT2D eigenvalue weighted by Crippen LogP contribution is 2.07. The lowest BCUT2D eigenvalue weighted by molar-refractivity contribution is 0.232. The van der Waals surface area contributed by atoms with E-state index in [1.165, 1.54) is 23.6 Å². The Morgan fingerprint density at radius 1 is 1.28 bits per heavy atom. The van der Waals surface area contributed by atoms with Crippen LogP contribution in [0.25, 0.3) is 0 Å². The SMILES string of the molecule is CN(CCCN)S(=O)(=O)NCCN1CCCCC1. The van der Waals surface area contributed by atoms with Gasteiger partial charge >= 0.3 is 0 Å². The lowest BCUT2D eigenvalue weighted by Crippen LogP contribution is -2.43. The fourth-order valence-corrected chi connectivity index (χ4v) is 3.00. The summed E-state index contributed by atoms with van der Waals surface area (Å²) in [5.41, 5.74) is 5.37. The second-order valence-electron chi connectivity index (χ2n) is 4.77. The number of hydrogen-bond acceptors (Lipinski definition) is 4. The maximum Gasteiger partial charge on any atom is 0.279 e. The monoisotopic (exact) mass is 278 g/mol. The molecule has 0 aromatic rings. The first-order valence-corrected chi connectivity index (χ1v) is 8.13. The van der Waals surface area contributed by atoms with Crippen LogP contribution in [0, 0.1) is 0 Å². The Morgan fingerprint density at radius 2 is 1.94 bits per heavy atom. The standard InChI is InChI=1S/C11H26N4O2S/c1-14(8-5-6-12)18(16,17)13-7-11-15-9-3-2-4-10-15/h13H,2-12H2,1H3. The van der Waals surface area contributed by atoms with E-state index in [9.17, 15) is 8.42 Å². The maximum absolute atomic E-state index is 11.8. The van der Waals surface area contributed by atoms with Gasteiger partial charge in [0.25, 0.3) is 10.2 Å². The van der Waals surface area contributed by atoms with Crippen LogP contribution in [0.15, 0.2) is 0 Å². The summed E-state index contributed by atoms with van der Waals surface area (Å²) in [5, 5.41) is 0. The number of nitrogens with one attached hydrogen (secondary N) is 1. The van der Waals surface area contributed by atoms with Crippen molar-refractivity contribution in [3.05, 3.63) is 0 Å². The van der Waals surface area contributed by atoms with E-state index >= 15 is 0 Å². The van der Waals surface area contributed by atoms with Gasteiger partial charge in [-0.05, 0) is 38.9 Å². The Balaban J connectivity index is 2.23. The molecule has 0 radical (unpaired) electrons. The summed E-state index contributed by atoms with van der Waals surface area (Å²) >= 11 is 0. The van der Waals surface area contributed by atoms with E-state index in [0.29, 0.717) is 26.1 Å². The highest BCUT2D eigenvalue weighted by atomic mass is 32.2. The molecule has 1 aliphatic rings. The molecule has 7 heteroatoms. The Labute approximate surface area is 111 Å². The maximum atomic E-state index is 11.8. The van der Waals surface area contributed by atoms with Crippen LogP contribution in [0.1, 0.15) is 25.7 Å². The van der Waals surface area contributed by atoms with Crippen molar-refractivity contribution in [1.29, 1.82) is 0 Å². The van der Waals surface area contributed by atoms with Crippen molar-refractivity contribution in [3.63, 3.8) is 0 Å². The normalized spacial score (nSPS) is 18.4. The minimum Gasteiger partial charge on any atom is -0.330 e. The number of nitrogens with zero attached hydrogens (tertiary/aromatic N) is 2. The molecule has 0 aromatic heterocycles. The zero-order chi connectivity index (χ0) is 13.4. The lowest BCUT2D eigenvalue weighted by Gasteiger charge is -2.26. The number of rotatable bonds is 8. The van der Waals surface area contributed by atoms with E-state index in [4.69, 9.17) is 5.73 Å². The smallest absolute Gasteiger partial charge is 0.279 e. The van der Waals surface area contributed by atoms with Gasteiger partial charge in [-0.25, -0.2) is 4.72 Å². The van der Waals surface area contributed by atoms with Gasteiger partial charge < -0.3 is 10.6 Å². The van der Waals surface area contributed by atoms with E-state index in [2.05, 4.69) is 9.62 Å². The molecule has 3 N–H and O–H groups in total. The Kier molecular flexibility index (Phi) is 7.10. The second kappa shape index (κ2) is 8.06. The Morgan fingerprint density at radius 3 is 2.56 bits per heavy atom. The van der Waals surface area contributed by atoms with Crippen LogP contribution < -0.4 is 10.5 Å². The van der Waals surface area contributed by atoms with Crippen LogP contribution in [-0.4, -0.2) is 63.9 Å². The van der Waals surface area contributed by atoms with Crippen LogP contribution >= 0.6 is 0 Å². The third kappa shape index (κ3) is 5.62. The molecule has 0 bridgehead atoms. The van der Waals surface area contributed by atoms with Gasteiger partial charge in [-0.15, -0.1) is 0 Å². The fourth-order valence-electron chi connectivity index (χ4n) is 2.06. The Hall–Kier alpha value is -0.210. The summed E-state index contributed by atoms with van der Waals surface area (Å²) in [6.45, 7) is 4.43. The van der Waals surface area contributed by atoms with Crippen LogP contribution in [0.3, 0.4) is 0 Å². The first-order chi connectivity index (χ1) is 8.56. The minimum absolute atomic E-state index is 0.468. The summed E-state index contributed by atoms with van der Waals surface area (Å²) < 4.78 is 27.6. The first kappa shape index (κ1) is 15.8. The Bertz CT molecular complexity index is 315. The molecule has 0 aliphatic carbocycles. The number of nitrogens with two attached hydrogens (primary N) is 1. The van der Waals surface area contributed by atoms with Crippen LogP contribution in [0.4, 0.5) is 0 Å². The van der Waals surface area contributed by atoms with Gasteiger partial charge in [0.05, 0.1) is 0 Å². The van der Waals surface area contributed by atoms with Crippen molar-refractivity contribution in [2.24, 2.45) is 5.73 Å². The molecule has 0 atom stereocenters. The van der Waals surface area contributed by atoms with Gasteiger partial charge in [0.1, 0.15) is 0 Å². The lowest BCUT2D eigenvalue weighted by atomic mass is 10.1. The van der Waals surface area contributed by atoms with Gasteiger partial charge in [0, 0.05) is 26.7 Å². The third-order valence-corrected chi connectivity index (χ3v) is 4.82. The molecule has 1 heterocycles. The molecule has 108 valence electrons. The summed E-state index contributed by atoms with van der Waals surface area (Å²) in [7, 11) is -1.75. The van der Waals surface area contributed by atoms with Crippen LogP contribution in [0.2, 0.25) is 0 Å². The van der Waals surface area contributed by atoms with Gasteiger partial charge in [0.15, 0.2) is 0 Å². The predicted octanol–water partition coefficient (Wildman–Crippen LogP) is -0.413. The van der Waals surface area contributed by atoms with Crippen LogP contribution in [-0.2, 0) is 10.2 Å². The average molecular weight is 278 g/mol. The number of likely N-dealkylation sites (tertiary alicyclic amines) is 1. The van der Waals surface area contributed by atoms with E-state index in [0.717, 1.165) is 19.6 Å². The molecule has 0 spiro atoms. The number of piperidine rings is 1. The predicted molar refractivity (Wildman–Crippen MR) is 73.5 cm³/mol. The molecule has 18 heavy (non-hydrogen) atoms. The van der Waals surface area contributed by atoms with Gasteiger partial charge in [-0.2, -0.15) is 12.7 Å².